The van der Waals surface area contributed by atoms with E-state index in [0.717, 1.165) is 0 Å². The highest BCUT2D eigenvalue weighted by Crippen LogP contribution is 2.16. The number of rotatable bonds is 5. The van der Waals surface area contributed by atoms with Crippen molar-refractivity contribution >= 4 is 5.97 Å². The monoisotopic (exact) mass is 238 g/mol. The van der Waals surface area contributed by atoms with Crippen LogP contribution in [-0.2, 0) is 16.1 Å². The van der Waals surface area contributed by atoms with Gasteiger partial charge in [0, 0.05) is 0 Å². The predicted octanol–water partition coefficient (Wildman–Crippen LogP) is 1.32. The molecular weight excluding hydrogens is 228 g/mol. The van der Waals surface area contributed by atoms with E-state index >= 15 is 0 Å². The van der Waals surface area contributed by atoms with Gasteiger partial charge in [-0.3, -0.25) is 0 Å². The Morgan fingerprint density at radius 2 is 2.47 bits per heavy atom. The molecule has 0 spiro atoms. The van der Waals surface area contributed by atoms with Gasteiger partial charge in [-0.2, -0.15) is 4.98 Å². The molecule has 0 radical (unpaired) electrons. The average molecular weight is 238 g/mol. The van der Waals surface area contributed by atoms with Gasteiger partial charge >= 0.3 is 5.97 Å². The van der Waals surface area contributed by atoms with Crippen LogP contribution in [0, 0.1) is 0 Å². The normalized spacial score (nSPS) is 12.5. The summed E-state index contributed by atoms with van der Waals surface area (Å²) >= 11 is 0. The zero-order valence-corrected chi connectivity index (χ0v) is 8.99. The van der Waals surface area contributed by atoms with Crippen LogP contribution in [0.1, 0.15) is 12.8 Å². The van der Waals surface area contributed by atoms with Gasteiger partial charge in [-0.25, -0.2) is 4.79 Å². The molecule has 1 unspecified atom stereocenters. The third-order valence-electron chi connectivity index (χ3n) is 2.01. The predicted molar refractivity (Wildman–Crippen MR) is 53.9 cm³/mol. The van der Waals surface area contributed by atoms with Crippen LogP contribution in [0.2, 0.25) is 0 Å². The summed E-state index contributed by atoms with van der Waals surface area (Å²) in [5, 5.41) is 12.3. The molecule has 7 heteroatoms. The minimum Gasteiger partial charge on any atom is -0.479 e. The summed E-state index contributed by atoms with van der Waals surface area (Å²) in [6.07, 6.45) is 0.572. The van der Waals surface area contributed by atoms with Crippen molar-refractivity contribution in [3.8, 4) is 11.6 Å². The summed E-state index contributed by atoms with van der Waals surface area (Å²) in [4.78, 5) is 14.5. The standard InChI is InChI=1S/C10H10N2O5/c1-6(10(13)14)16-5-8-11-9(12-17-8)7-3-2-4-15-7/h2-4,6H,5H2,1H3,(H,13,14). The van der Waals surface area contributed by atoms with Crippen molar-refractivity contribution in [3.63, 3.8) is 0 Å². The van der Waals surface area contributed by atoms with E-state index in [2.05, 4.69) is 10.1 Å². The molecule has 0 aliphatic carbocycles. The van der Waals surface area contributed by atoms with Crippen LogP contribution in [0.15, 0.2) is 27.3 Å². The quantitative estimate of drug-likeness (QED) is 0.838. The zero-order valence-electron chi connectivity index (χ0n) is 8.99. The van der Waals surface area contributed by atoms with Crippen molar-refractivity contribution in [1.29, 1.82) is 0 Å². The summed E-state index contributed by atoms with van der Waals surface area (Å²) in [5.74, 6) is -0.0665. The molecular formula is C10H10N2O5. The van der Waals surface area contributed by atoms with Crippen LogP contribution in [0.4, 0.5) is 0 Å². The first-order chi connectivity index (χ1) is 8.16. The zero-order chi connectivity index (χ0) is 12.3. The topological polar surface area (TPSA) is 98.6 Å². The summed E-state index contributed by atoms with van der Waals surface area (Å²) in [6, 6.07) is 3.39. The van der Waals surface area contributed by atoms with Crippen molar-refractivity contribution in [2.45, 2.75) is 19.6 Å². The largest absolute Gasteiger partial charge is 0.479 e. The first-order valence-electron chi connectivity index (χ1n) is 4.87. The summed E-state index contributed by atoms with van der Waals surface area (Å²) in [6.45, 7) is 1.37. The molecule has 1 N–H and O–H groups in total. The first kappa shape index (κ1) is 11.3. The van der Waals surface area contributed by atoms with Crippen molar-refractivity contribution in [2.75, 3.05) is 0 Å². The second-order valence-corrected chi connectivity index (χ2v) is 3.28. The van der Waals surface area contributed by atoms with E-state index in [1.807, 2.05) is 0 Å². The number of aromatic nitrogens is 2. The molecule has 2 aromatic rings. The molecule has 90 valence electrons. The molecule has 0 saturated carbocycles. The van der Waals surface area contributed by atoms with Gasteiger partial charge in [0.15, 0.2) is 11.9 Å². The first-order valence-corrected chi connectivity index (χ1v) is 4.87. The van der Waals surface area contributed by atoms with E-state index in [1.54, 1.807) is 12.1 Å². The Bertz CT molecular complexity index is 491. The SMILES string of the molecule is CC(OCc1nc(-c2ccco2)no1)C(=O)O. The molecule has 2 heterocycles. The number of hydrogen-bond donors (Lipinski definition) is 1. The van der Waals surface area contributed by atoms with Crippen LogP contribution >= 0.6 is 0 Å². The molecule has 0 fully saturated rings. The summed E-state index contributed by atoms with van der Waals surface area (Å²) < 4.78 is 15.0. The van der Waals surface area contributed by atoms with Gasteiger partial charge in [0.05, 0.1) is 6.26 Å². The molecule has 2 rings (SSSR count). The van der Waals surface area contributed by atoms with E-state index in [-0.39, 0.29) is 12.5 Å². The molecule has 1 atom stereocenters. The molecule has 17 heavy (non-hydrogen) atoms. The lowest BCUT2D eigenvalue weighted by Gasteiger charge is -2.04. The fourth-order valence-corrected chi connectivity index (χ4v) is 1.09. The van der Waals surface area contributed by atoms with E-state index < -0.39 is 12.1 Å². The minimum absolute atomic E-state index is 0.0544. The van der Waals surface area contributed by atoms with Crippen molar-refractivity contribution in [2.24, 2.45) is 0 Å². The third kappa shape index (κ3) is 2.70. The number of aliphatic carboxylic acids is 1. The van der Waals surface area contributed by atoms with Gasteiger partial charge in [-0.15, -0.1) is 0 Å². The molecule has 7 nitrogen and oxygen atoms in total. The molecule has 0 amide bonds. The smallest absolute Gasteiger partial charge is 0.332 e. The maximum atomic E-state index is 10.5. The fraction of sp³-hybridized carbons (Fsp3) is 0.300. The molecule has 0 bridgehead atoms. The highest BCUT2D eigenvalue weighted by molar-refractivity contribution is 5.71. The van der Waals surface area contributed by atoms with E-state index in [4.69, 9.17) is 18.8 Å². The highest BCUT2D eigenvalue weighted by Gasteiger charge is 2.15. The van der Waals surface area contributed by atoms with Crippen LogP contribution in [0.3, 0.4) is 0 Å². The summed E-state index contributed by atoms with van der Waals surface area (Å²) in [7, 11) is 0. The lowest BCUT2D eigenvalue weighted by Crippen LogP contribution is -2.19. The van der Waals surface area contributed by atoms with Crippen LogP contribution in [-0.4, -0.2) is 27.3 Å². The number of carboxylic acids is 1. The number of hydrogen-bond acceptors (Lipinski definition) is 6. The molecule has 0 saturated heterocycles. The van der Waals surface area contributed by atoms with Gasteiger partial charge < -0.3 is 18.8 Å². The van der Waals surface area contributed by atoms with E-state index in [9.17, 15) is 4.79 Å². The number of carbonyl (C=O) groups is 1. The highest BCUT2D eigenvalue weighted by atomic mass is 16.5. The van der Waals surface area contributed by atoms with Crippen molar-refractivity contribution < 1.29 is 23.6 Å². The molecule has 0 aromatic carbocycles. The fourth-order valence-electron chi connectivity index (χ4n) is 1.09. The van der Waals surface area contributed by atoms with Gasteiger partial charge in [-0.1, -0.05) is 5.16 Å². The van der Waals surface area contributed by atoms with Crippen LogP contribution < -0.4 is 0 Å². The van der Waals surface area contributed by atoms with Gasteiger partial charge in [-0.05, 0) is 19.1 Å². The number of ether oxygens (including phenoxy) is 1. The van der Waals surface area contributed by atoms with Gasteiger partial charge in [0.2, 0.25) is 5.82 Å². The third-order valence-corrected chi connectivity index (χ3v) is 2.01. The minimum atomic E-state index is -1.05. The molecule has 0 aliphatic rings. The molecule has 2 aromatic heterocycles. The number of nitrogens with zero attached hydrogens (tertiary/aromatic N) is 2. The Balaban J connectivity index is 1.97. The Hall–Kier alpha value is -2.15. The Kier molecular flexibility index (Phi) is 3.20. The number of furan rings is 1. The van der Waals surface area contributed by atoms with Crippen LogP contribution in [0.5, 0.6) is 0 Å². The Labute approximate surface area is 96.0 Å². The maximum Gasteiger partial charge on any atom is 0.332 e. The second kappa shape index (κ2) is 4.79. The molecule has 0 aliphatic heterocycles. The maximum absolute atomic E-state index is 10.5. The summed E-state index contributed by atoms with van der Waals surface area (Å²) in [5.41, 5.74) is 0. The Morgan fingerprint density at radius 1 is 1.65 bits per heavy atom. The average Bonchev–Trinajstić information content (AvgIpc) is 2.95. The lowest BCUT2D eigenvalue weighted by molar-refractivity contribution is -0.150. The van der Waals surface area contributed by atoms with Gasteiger partial charge in [0.1, 0.15) is 6.61 Å². The van der Waals surface area contributed by atoms with Gasteiger partial charge in [0.25, 0.3) is 5.89 Å². The van der Waals surface area contributed by atoms with Crippen LogP contribution in [0.25, 0.3) is 11.6 Å². The Morgan fingerprint density at radius 3 is 3.12 bits per heavy atom. The van der Waals surface area contributed by atoms with Crippen molar-refractivity contribution in [3.05, 3.63) is 24.3 Å². The van der Waals surface area contributed by atoms with E-state index in [1.165, 1.54) is 13.2 Å². The van der Waals surface area contributed by atoms with E-state index in [0.29, 0.717) is 11.6 Å². The number of carboxylic acid groups (broad SMARTS) is 1. The second-order valence-electron chi connectivity index (χ2n) is 3.28. The lowest BCUT2D eigenvalue weighted by atomic mass is 10.4. The van der Waals surface area contributed by atoms with Crippen molar-refractivity contribution in [1.82, 2.24) is 10.1 Å².